The number of hydrogen-bond donors (Lipinski definition) is 1. The van der Waals surface area contributed by atoms with Crippen molar-refractivity contribution in [3.8, 4) is 5.75 Å². The number of hydrogen-bond acceptors (Lipinski definition) is 4. The Balaban J connectivity index is 2.31. The fourth-order valence-corrected chi connectivity index (χ4v) is 2.16. The number of ether oxygens (including phenoxy) is 1. The summed E-state index contributed by atoms with van der Waals surface area (Å²) in [4.78, 5) is 11.9. The van der Waals surface area contributed by atoms with Crippen LogP contribution in [0, 0.1) is 6.92 Å². The molecule has 0 aliphatic rings. The molecule has 22 heavy (non-hydrogen) atoms. The lowest BCUT2D eigenvalue weighted by Gasteiger charge is -2.16. The second kappa shape index (κ2) is 8.14. The molecule has 1 N–H and O–H groups in total. The van der Waals surface area contributed by atoms with Gasteiger partial charge in [0.15, 0.2) is 6.10 Å². The molecule has 1 aromatic rings. The van der Waals surface area contributed by atoms with Crippen molar-refractivity contribution in [3.63, 3.8) is 0 Å². The van der Waals surface area contributed by atoms with Crippen LogP contribution in [0.2, 0.25) is 0 Å². The molecule has 124 valence electrons. The van der Waals surface area contributed by atoms with Crippen molar-refractivity contribution in [2.24, 2.45) is 0 Å². The molecule has 0 fully saturated rings. The van der Waals surface area contributed by atoms with E-state index in [1.807, 2.05) is 31.2 Å². The Kier molecular flexibility index (Phi) is 6.83. The lowest BCUT2D eigenvalue weighted by atomic mass is 10.2. The normalized spacial score (nSPS) is 13.0. The van der Waals surface area contributed by atoms with Gasteiger partial charge in [0.05, 0.1) is 6.26 Å². The Labute approximate surface area is 132 Å². The number of sulfonamides is 1. The first-order valence-electron chi connectivity index (χ1n) is 7.12. The van der Waals surface area contributed by atoms with Crippen LogP contribution in [0.1, 0.15) is 18.9 Å². The number of nitrogens with one attached hydrogen (secondary N) is 1. The second-order valence-corrected chi connectivity index (χ2v) is 7.39. The summed E-state index contributed by atoms with van der Waals surface area (Å²) in [7, 11) is -1.65. The largest absolute Gasteiger partial charge is 0.481 e. The second-order valence-electron chi connectivity index (χ2n) is 5.30. The monoisotopic (exact) mass is 328 g/mol. The quantitative estimate of drug-likeness (QED) is 0.727. The minimum Gasteiger partial charge on any atom is -0.481 e. The van der Waals surface area contributed by atoms with Crippen LogP contribution in [0.4, 0.5) is 0 Å². The van der Waals surface area contributed by atoms with Crippen molar-refractivity contribution in [1.29, 1.82) is 0 Å². The van der Waals surface area contributed by atoms with Crippen molar-refractivity contribution < 1.29 is 17.9 Å². The number of amides is 1. The summed E-state index contributed by atoms with van der Waals surface area (Å²) >= 11 is 0. The van der Waals surface area contributed by atoms with Gasteiger partial charge in [0.2, 0.25) is 10.0 Å². The van der Waals surface area contributed by atoms with Crippen LogP contribution in [0.3, 0.4) is 0 Å². The topological polar surface area (TPSA) is 75.7 Å². The minimum atomic E-state index is -3.17. The Bertz CT molecular complexity index is 584. The summed E-state index contributed by atoms with van der Waals surface area (Å²) in [5, 5.41) is 2.74. The van der Waals surface area contributed by atoms with Crippen LogP contribution >= 0.6 is 0 Å². The zero-order valence-electron chi connectivity index (χ0n) is 13.5. The molecular formula is C15H24N2O4S. The van der Waals surface area contributed by atoms with Crippen molar-refractivity contribution in [1.82, 2.24) is 9.62 Å². The molecule has 1 amide bonds. The van der Waals surface area contributed by atoms with Gasteiger partial charge >= 0.3 is 0 Å². The molecule has 0 bridgehead atoms. The summed E-state index contributed by atoms with van der Waals surface area (Å²) in [5.41, 5.74) is 1.12. The van der Waals surface area contributed by atoms with Gasteiger partial charge in [-0.05, 0) is 32.4 Å². The van der Waals surface area contributed by atoms with Gasteiger partial charge in [-0.1, -0.05) is 17.7 Å². The summed E-state index contributed by atoms with van der Waals surface area (Å²) in [6.45, 7) is 4.43. The molecule has 1 aromatic carbocycles. The minimum absolute atomic E-state index is 0.220. The van der Waals surface area contributed by atoms with Crippen molar-refractivity contribution in [3.05, 3.63) is 29.8 Å². The number of carbonyl (C=O) groups excluding carboxylic acids is 1. The number of nitrogens with zero attached hydrogens (tertiary/aromatic N) is 1. The Morgan fingerprint density at radius 1 is 1.32 bits per heavy atom. The number of rotatable bonds is 8. The van der Waals surface area contributed by atoms with Crippen LogP contribution in [0.25, 0.3) is 0 Å². The van der Waals surface area contributed by atoms with E-state index in [1.165, 1.54) is 11.4 Å². The highest BCUT2D eigenvalue weighted by Gasteiger charge is 2.14. The van der Waals surface area contributed by atoms with Crippen LogP contribution in [-0.4, -0.2) is 51.1 Å². The Hall–Kier alpha value is -1.60. The standard InChI is InChI=1S/C15H24N2O4S/c1-12-6-8-14(9-7-12)21-13(2)15(18)16-10-5-11-17(3)22(4,19)20/h6-9,13H,5,10-11H2,1-4H3,(H,16,18). The maximum Gasteiger partial charge on any atom is 0.260 e. The number of aryl methyl sites for hydroxylation is 1. The molecule has 0 heterocycles. The van der Waals surface area contributed by atoms with E-state index in [0.29, 0.717) is 25.3 Å². The van der Waals surface area contributed by atoms with E-state index in [4.69, 9.17) is 4.74 Å². The van der Waals surface area contributed by atoms with Gasteiger partial charge in [-0.2, -0.15) is 0 Å². The Morgan fingerprint density at radius 2 is 1.91 bits per heavy atom. The highest BCUT2D eigenvalue weighted by molar-refractivity contribution is 7.88. The maximum atomic E-state index is 11.9. The van der Waals surface area contributed by atoms with Crippen molar-refractivity contribution in [2.45, 2.75) is 26.4 Å². The molecule has 0 radical (unpaired) electrons. The van der Waals surface area contributed by atoms with Crippen LogP contribution in [-0.2, 0) is 14.8 Å². The summed E-state index contributed by atoms with van der Waals surface area (Å²) in [5.74, 6) is 0.424. The average Bonchev–Trinajstić information content (AvgIpc) is 2.44. The molecule has 0 aromatic heterocycles. The molecule has 1 rings (SSSR count). The average molecular weight is 328 g/mol. The first-order chi connectivity index (χ1) is 10.2. The van der Waals surface area contributed by atoms with E-state index >= 15 is 0 Å². The first-order valence-corrected chi connectivity index (χ1v) is 8.97. The van der Waals surface area contributed by atoms with E-state index in [0.717, 1.165) is 11.8 Å². The molecule has 0 saturated carbocycles. The third-order valence-corrected chi connectivity index (χ3v) is 4.53. The van der Waals surface area contributed by atoms with E-state index in [2.05, 4.69) is 5.32 Å². The zero-order chi connectivity index (χ0) is 16.8. The molecule has 7 heteroatoms. The molecule has 0 aliphatic carbocycles. The zero-order valence-corrected chi connectivity index (χ0v) is 14.3. The SMILES string of the molecule is Cc1ccc(OC(C)C(=O)NCCCN(C)S(C)(=O)=O)cc1. The highest BCUT2D eigenvalue weighted by atomic mass is 32.2. The summed E-state index contributed by atoms with van der Waals surface area (Å²) < 4.78 is 29.2. The molecule has 0 saturated heterocycles. The molecule has 0 spiro atoms. The van der Waals surface area contributed by atoms with E-state index in [1.54, 1.807) is 6.92 Å². The van der Waals surface area contributed by atoms with Gasteiger partial charge in [-0.15, -0.1) is 0 Å². The van der Waals surface area contributed by atoms with Gasteiger partial charge in [-0.3, -0.25) is 4.79 Å². The molecular weight excluding hydrogens is 304 g/mol. The highest BCUT2D eigenvalue weighted by Crippen LogP contribution is 2.13. The number of carbonyl (C=O) groups is 1. The first kappa shape index (κ1) is 18.4. The smallest absolute Gasteiger partial charge is 0.260 e. The van der Waals surface area contributed by atoms with E-state index in [9.17, 15) is 13.2 Å². The molecule has 6 nitrogen and oxygen atoms in total. The van der Waals surface area contributed by atoms with Crippen molar-refractivity contribution in [2.75, 3.05) is 26.4 Å². The van der Waals surface area contributed by atoms with Gasteiger partial charge in [0.1, 0.15) is 5.75 Å². The van der Waals surface area contributed by atoms with E-state index in [-0.39, 0.29) is 5.91 Å². The fourth-order valence-electron chi connectivity index (χ4n) is 1.70. The van der Waals surface area contributed by atoms with Crippen LogP contribution in [0.5, 0.6) is 5.75 Å². The van der Waals surface area contributed by atoms with Gasteiger partial charge in [0.25, 0.3) is 5.91 Å². The predicted octanol–water partition coefficient (Wildman–Crippen LogP) is 1.16. The van der Waals surface area contributed by atoms with Crippen LogP contribution < -0.4 is 10.1 Å². The fraction of sp³-hybridized carbons (Fsp3) is 0.533. The van der Waals surface area contributed by atoms with Crippen molar-refractivity contribution >= 4 is 15.9 Å². The van der Waals surface area contributed by atoms with Gasteiger partial charge < -0.3 is 10.1 Å². The molecule has 1 atom stereocenters. The van der Waals surface area contributed by atoms with Gasteiger partial charge in [-0.25, -0.2) is 12.7 Å². The number of benzene rings is 1. The van der Waals surface area contributed by atoms with Crippen LogP contribution in [0.15, 0.2) is 24.3 Å². The third kappa shape index (κ3) is 6.44. The van der Waals surface area contributed by atoms with Gasteiger partial charge in [0, 0.05) is 20.1 Å². The summed E-state index contributed by atoms with van der Waals surface area (Å²) in [6, 6.07) is 7.47. The lowest BCUT2D eigenvalue weighted by molar-refractivity contribution is -0.127. The molecule has 1 unspecified atom stereocenters. The molecule has 0 aliphatic heterocycles. The third-order valence-electron chi connectivity index (χ3n) is 3.22. The lowest BCUT2D eigenvalue weighted by Crippen LogP contribution is -2.38. The Morgan fingerprint density at radius 3 is 2.45 bits per heavy atom. The summed E-state index contributed by atoms with van der Waals surface area (Å²) in [6.07, 6.45) is 1.10. The van der Waals surface area contributed by atoms with E-state index < -0.39 is 16.1 Å². The maximum absolute atomic E-state index is 11.9. The predicted molar refractivity (Wildman–Crippen MR) is 86.4 cm³/mol.